The van der Waals surface area contributed by atoms with Gasteiger partial charge in [-0.05, 0) is 12.0 Å². The van der Waals surface area contributed by atoms with Gasteiger partial charge in [-0.25, -0.2) is 4.79 Å². The largest absolute Gasteiger partial charge is 0.440 e. The summed E-state index contributed by atoms with van der Waals surface area (Å²) in [5.74, 6) is 0.925. The minimum Gasteiger partial charge on any atom is -0.440 e. The topological polar surface area (TPSA) is 75.9 Å². The molecule has 3 rings (SSSR count). The van der Waals surface area contributed by atoms with Gasteiger partial charge in [-0.1, -0.05) is 34.8 Å². The Bertz CT molecular complexity index is 597. The van der Waals surface area contributed by atoms with Crippen molar-refractivity contribution in [1.82, 2.24) is 10.0 Å². The van der Waals surface area contributed by atoms with Gasteiger partial charge in [0.05, 0.1) is 0 Å². The molecule has 0 aliphatic carbocycles. The van der Waals surface area contributed by atoms with Crippen molar-refractivity contribution >= 4 is 23.8 Å². The quantitative estimate of drug-likeness (QED) is 0.828. The van der Waals surface area contributed by atoms with Crippen molar-refractivity contribution in [3.63, 3.8) is 0 Å². The first-order chi connectivity index (χ1) is 11.1. The first kappa shape index (κ1) is 16.1. The van der Waals surface area contributed by atoms with Gasteiger partial charge < -0.3 is 10.5 Å². The van der Waals surface area contributed by atoms with Gasteiger partial charge in [0.2, 0.25) is 5.91 Å². The molecule has 124 valence electrons. The predicted octanol–water partition coefficient (Wildman–Crippen LogP) is 1.82. The van der Waals surface area contributed by atoms with Gasteiger partial charge in [0.1, 0.15) is 6.10 Å². The standard InChI is InChI=1S/C15H18FN3O3S/c16-19-14(21)22-12(6-7-13(17)20)15(19,18-8-9-23-10-18)11-4-2-1-3-5-11/h1-5,12H,6-10H2,(H2,17,20). The third-order valence-corrected chi connectivity index (χ3v) is 5.20. The Kier molecular flexibility index (Phi) is 4.45. The molecule has 2 amide bonds. The zero-order valence-corrected chi connectivity index (χ0v) is 13.3. The van der Waals surface area contributed by atoms with Gasteiger partial charge in [-0.2, -0.15) is 0 Å². The highest BCUT2D eigenvalue weighted by atomic mass is 32.2. The summed E-state index contributed by atoms with van der Waals surface area (Å²) in [6.07, 6.45) is -1.62. The first-order valence-electron chi connectivity index (χ1n) is 7.40. The summed E-state index contributed by atoms with van der Waals surface area (Å²) < 4.78 is 20.2. The van der Waals surface area contributed by atoms with Crippen LogP contribution in [-0.4, -0.2) is 46.3 Å². The number of nitrogens with two attached hydrogens (primary N) is 1. The molecule has 2 atom stereocenters. The van der Waals surface area contributed by atoms with E-state index >= 15 is 0 Å². The Morgan fingerprint density at radius 3 is 2.78 bits per heavy atom. The molecule has 1 aromatic carbocycles. The number of carbonyl (C=O) groups is 2. The van der Waals surface area contributed by atoms with Gasteiger partial charge in [-0.3, -0.25) is 9.69 Å². The lowest BCUT2D eigenvalue weighted by Gasteiger charge is -2.41. The fourth-order valence-corrected chi connectivity index (χ4v) is 4.25. The third-order valence-electron chi connectivity index (χ3n) is 4.24. The molecule has 2 fully saturated rings. The van der Waals surface area contributed by atoms with Gasteiger partial charge in [-0.15, -0.1) is 16.9 Å². The summed E-state index contributed by atoms with van der Waals surface area (Å²) in [5.41, 5.74) is 4.50. The first-order valence-corrected chi connectivity index (χ1v) is 8.55. The monoisotopic (exact) mass is 339 g/mol. The van der Waals surface area contributed by atoms with Crippen LogP contribution in [-0.2, 0) is 15.2 Å². The number of rotatable bonds is 5. The van der Waals surface area contributed by atoms with Crippen molar-refractivity contribution in [2.24, 2.45) is 5.73 Å². The van der Waals surface area contributed by atoms with E-state index in [0.717, 1.165) is 5.75 Å². The van der Waals surface area contributed by atoms with Crippen LogP contribution >= 0.6 is 11.8 Å². The van der Waals surface area contributed by atoms with Crippen LogP contribution in [0.3, 0.4) is 0 Å². The van der Waals surface area contributed by atoms with Crippen molar-refractivity contribution in [2.75, 3.05) is 18.2 Å². The summed E-state index contributed by atoms with van der Waals surface area (Å²) in [4.78, 5) is 25.0. The minimum atomic E-state index is -1.35. The molecule has 8 heteroatoms. The minimum absolute atomic E-state index is 0.0291. The molecule has 0 bridgehead atoms. The Morgan fingerprint density at radius 2 is 2.17 bits per heavy atom. The Hall–Kier alpha value is -1.80. The average Bonchev–Trinajstić information content (AvgIpc) is 3.15. The number of benzene rings is 1. The van der Waals surface area contributed by atoms with Crippen LogP contribution in [0.1, 0.15) is 18.4 Å². The summed E-state index contributed by atoms with van der Waals surface area (Å²) in [6, 6.07) is 8.96. The Morgan fingerprint density at radius 1 is 1.43 bits per heavy atom. The molecule has 23 heavy (non-hydrogen) atoms. The number of hydrogen-bond donors (Lipinski definition) is 1. The number of primary amides is 1. The zero-order chi connectivity index (χ0) is 16.4. The average molecular weight is 339 g/mol. The van der Waals surface area contributed by atoms with E-state index in [9.17, 15) is 14.1 Å². The number of nitrogens with zero attached hydrogens (tertiary/aromatic N) is 2. The molecular formula is C15H18FN3O3S. The lowest BCUT2D eigenvalue weighted by atomic mass is 9.89. The summed E-state index contributed by atoms with van der Waals surface area (Å²) in [7, 11) is 0. The lowest BCUT2D eigenvalue weighted by molar-refractivity contribution is -0.127. The second-order valence-electron chi connectivity index (χ2n) is 5.55. The second kappa shape index (κ2) is 6.37. The normalized spacial score (nSPS) is 28.1. The molecule has 1 aromatic rings. The van der Waals surface area contributed by atoms with Crippen LogP contribution < -0.4 is 5.73 Å². The van der Waals surface area contributed by atoms with E-state index in [2.05, 4.69) is 0 Å². The van der Waals surface area contributed by atoms with E-state index in [1.807, 2.05) is 11.0 Å². The zero-order valence-electron chi connectivity index (χ0n) is 12.5. The molecule has 2 unspecified atom stereocenters. The molecular weight excluding hydrogens is 321 g/mol. The van der Waals surface area contributed by atoms with Crippen LogP contribution in [0.5, 0.6) is 0 Å². The van der Waals surface area contributed by atoms with Crippen molar-refractivity contribution in [2.45, 2.75) is 24.6 Å². The molecule has 0 radical (unpaired) electrons. The van der Waals surface area contributed by atoms with Gasteiger partial charge in [0.15, 0.2) is 5.66 Å². The van der Waals surface area contributed by atoms with E-state index in [1.54, 1.807) is 36.0 Å². The van der Waals surface area contributed by atoms with Gasteiger partial charge >= 0.3 is 6.09 Å². The molecule has 2 aliphatic rings. The van der Waals surface area contributed by atoms with Crippen molar-refractivity contribution < 1.29 is 18.8 Å². The van der Waals surface area contributed by atoms with E-state index in [-0.39, 0.29) is 18.0 Å². The number of halogens is 1. The van der Waals surface area contributed by atoms with Gasteiger partial charge in [0.25, 0.3) is 0 Å². The number of ether oxygens (including phenoxy) is 1. The molecule has 6 nitrogen and oxygen atoms in total. The molecule has 2 N–H and O–H groups in total. The van der Waals surface area contributed by atoms with E-state index in [4.69, 9.17) is 10.5 Å². The van der Waals surface area contributed by atoms with E-state index in [0.29, 0.717) is 18.0 Å². The highest BCUT2D eigenvalue weighted by Crippen LogP contribution is 2.46. The van der Waals surface area contributed by atoms with Crippen molar-refractivity contribution in [3.05, 3.63) is 35.9 Å². The summed E-state index contributed by atoms with van der Waals surface area (Å²) in [5, 5.41) is 0.167. The van der Waals surface area contributed by atoms with Crippen LogP contribution in [0, 0.1) is 0 Å². The van der Waals surface area contributed by atoms with E-state index in [1.165, 1.54) is 0 Å². The number of cyclic esters (lactones) is 1. The van der Waals surface area contributed by atoms with Crippen LogP contribution in [0.4, 0.5) is 9.28 Å². The maximum Gasteiger partial charge on any atom is 0.440 e. The smallest absolute Gasteiger partial charge is 0.440 e. The molecule has 0 aromatic heterocycles. The summed E-state index contributed by atoms with van der Waals surface area (Å²) in [6.45, 7) is 0.629. The third kappa shape index (κ3) is 2.66. The fourth-order valence-electron chi connectivity index (χ4n) is 3.23. The molecule has 2 aliphatic heterocycles. The Balaban J connectivity index is 2.06. The SMILES string of the molecule is NC(=O)CCC1OC(=O)N(F)C1(c1ccccc1)N1CCSC1. The van der Waals surface area contributed by atoms with Crippen LogP contribution in [0.25, 0.3) is 0 Å². The number of hydrogen-bond acceptors (Lipinski definition) is 5. The second-order valence-corrected chi connectivity index (χ2v) is 6.63. The molecule has 2 saturated heterocycles. The molecule has 2 heterocycles. The number of amides is 2. The van der Waals surface area contributed by atoms with Crippen molar-refractivity contribution in [3.8, 4) is 0 Å². The number of carbonyl (C=O) groups excluding carboxylic acids is 2. The fraction of sp³-hybridized carbons (Fsp3) is 0.467. The Labute approximate surface area is 137 Å². The molecule has 0 spiro atoms. The highest BCUT2D eigenvalue weighted by Gasteiger charge is 2.61. The van der Waals surface area contributed by atoms with Crippen LogP contribution in [0.15, 0.2) is 30.3 Å². The maximum atomic E-state index is 14.9. The lowest BCUT2D eigenvalue weighted by Crippen LogP contribution is -2.57. The van der Waals surface area contributed by atoms with Crippen LogP contribution in [0.2, 0.25) is 0 Å². The maximum absolute atomic E-state index is 14.9. The van der Waals surface area contributed by atoms with E-state index < -0.39 is 23.8 Å². The molecule has 0 saturated carbocycles. The van der Waals surface area contributed by atoms with Crippen molar-refractivity contribution in [1.29, 1.82) is 0 Å². The highest BCUT2D eigenvalue weighted by molar-refractivity contribution is 7.99. The van der Waals surface area contributed by atoms with Gasteiger partial charge in [0, 0.05) is 24.6 Å². The predicted molar refractivity (Wildman–Crippen MR) is 83.8 cm³/mol. The number of thioether (sulfide) groups is 1. The summed E-state index contributed by atoms with van der Waals surface area (Å²) >= 11 is 1.67.